The lowest BCUT2D eigenvalue weighted by Gasteiger charge is -2.27. The van der Waals surface area contributed by atoms with E-state index in [-0.39, 0.29) is 30.3 Å². The molecule has 2 amide bonds. The molecule has 2 fully saturated rings. The van der Waals surface area contributed by atoms with E-state index in [0.29, 0.717) is 6.54 Å². The Morgan fingerprint density at radius 1 is 1.07 bits per heavy atom. The average Bonchev–Trinajstić information content (AvgIpc) is 3.21. The quantitative estimate of drug-likeness (QED) is 0.831. The van der Waals surface area contributed by atoms with Crippen LogP contribution in [0.25, 0.3) is 0 Å². The normalized spacial score (nSPS) is 20.4. The van der Waals surface area contributed by atoms with Crippen molar-refractivity contribution in [1.82, 2.24) is 10.2 Å². The Labute approximate surface area is 161 Å². The van der Waals surface area contributed by atoms with Crippen molar-refractivity contribution in [3.8, 4) is 11.5 Å². The molecule has 0 bridgehead atoms. The summed E-state index contributed by atoms with van der Waals surface area (Å²) in [5, 5.41) is 2.87. The van der Waals surface area contributed by atoms with Crippen molar-refractivity contribution in [2.24, 2.45) is 5.92 Å². The van der Waals surface area contributed by atoms with Crippen LogP contribution in [0.2, 0.25) is 0 Å². The molecule has 6 heteroatoms. The van der Waals surface area contributed by atoms with E-state index in [1.54, 1.807) is 14.2 Å². The van der Waals surface area contributed by atoms with Gasteiger partial charge in [-0.15, -0.1) is 0 Å². The molecular weight excluding hydrogens is 344 g/mol. The average molecular weight is 374 g/mol. The molecule has 1 unspecified atom stereocenters. The number of likely N-dealkylation sites (tertiary alicyclic amines) is 1. The van der Waals surface area contributed by atoms with Crippen molar-refractivity contribution < 1.29 is 19.1 Å². The lowest BCUT2D eigenvalue weighted by molar-refractivity contribution is -0.134. The zero-order valence-electron chi connectivity index (χ0n) is 16.3. The molecule has 1 aromatic carbocycles. The Morgan fingerprint density at radius 2 is 1.85 bits per heavy atom. The summed E-state index contributed by atoms with van der Waals surface area (Å²) in [6, 6.07) is 5.68. The molecule has 148 valence electrons. The zero-order valence-corrected chi connectivity index (χ0v) is 16.3. The van der Waals surface area contributed by atoms with Gasteiger partial charge in [-0.25, -0.2) is 0 Å². The number of carbonyl (C=O) groups excluding carboxylic acids is 2. The van der Waals surface area contributed by atoms with E-state index in [2.05, 4.69) is 5.32 Å². The molecule has 0 spiro atoms. The van der Waals surface area contributed by atoms with Crippen molar-refractivity contribution in [2.75, 3.05) is 27.3 Å². The van der Waals surface area contributed by atoms with Gasteiger partial charge < -0.3 is 19.7 Å². The fourth-order valence-electron chi connectivity index (χ4n) is 4.26. The molecule has 1 aromatic rings. The number of methoxy groups -OCH3 is 2. The Balaban J connectivity index is 1.63. The van der Waals surface area contributed by atoms with Gasteiger partial charge in [0, 0.05) is 24.1 Å². The molecule has 1 aliphatic heterocycles. The minimum atomic E-state index is -0.0282. The molecule has 27 heavy (non-hydrogen) atoms. The summed E-state index contributed by atoms with van der Waals surface area (Å²) in [7, 11) is 3.25. The topological polar surface area (TPSA) is 67.9 Å². The lowest BCUT2D eigenvalue weighted by atomic mass is 9.89. The summed E-state index contributed by atoms with van der Waals surface area (Å²) < 4.78 is 10.8. The van der Waals surface area contributed by atoms with Crippen LogP contribution in [0.4, 0.5) is 0 Å². The summed E-state index contributed by atoms with van der Waals surface area (Å²) in [6.07, 6.45) is 7.15. The molecule has 0 radical (unpaired) electrons. The van der Waals surface area contributed by atoms with E-state index in [1.165, 1.54) is 6.42 Å². The van der Waals surface area contributed by atoms with Gasteiger partial charge in [0.05, 0.1) is 26.8 Å². The molecule has 1 heterocycles. The smallest absolute Gasteiger partial charge is 0.242 e. The highest BCUT2D eigenvalue weighted by molar-refractivity contribution is 5.86. The van der Waals surface area contributed by atoms with Crippen LogP contribution in [0, 0.1) is 5.92 Å². The maximum absolute atomic E-state index is 12.8. The third kappa shape index (κ3) is 4.54. The largest absolute Gasteiger partial charge is 0.497 e. The van der Waals surface area contributed by atoms with Gasteiger partial charge in [-0.2, -0.15) is 0 Å². The van der Waals surface area contributed by atoms with Crippen LogP contribution in [0.1, 0.15) is 56.6 Å². The summed E-state index contributed by atoms with van der Waals surface area (Å²) >= 11 is 0. The first-order chi connectivity index (χ1) is 13.1. The van der Waals surface area contributed by atoms with Crippen molar-refractivity contribution >= 4 is 11.8 Å². The van der Waals surface area contributed by atoms with Crippen LogP contribution < -0.4 is 14.8 Å². The van der Waals surface area contributed by atoms with E-state index in [1.807, 2.05) is 23.1 Å². The highest BCUT2D eigenvalue weighted by Crippen LogP contribution is 2.38. The van der Waals surface area contributed by atoms with Crippen molar-refractivity contribution in [3.63, 3.8) is 0 Å². The van der Waals surface area contributed by atoms with Crippen LogP contribution in [0.5, 0.6) is 11.5 Å². The molecule has 3 rings (SSSR count). The molecular formula is C21H30N2O4. The summed E-state index contributed by atoms with van der Waals surface area (Å²) in [4.78, 5) is 27.0. The number of amides is 2. The Kier molecular flexibility index (Phi) is 6.58. The monoisotopic (exact) mass is 374 g/mol. The van der Waals surface area contributed by atoms with Crippen molar-refractivity contribution in [1.29, 1.82) is 0 Å². The van der Waals surface area contributed by atoms with Gasteiger partial charge >= 0.3 is 0 Å². The van der Waals surface area contributed by atoms with Crippen LogP contribution in [0.15, 0.2) is 18.2 Å². The molecule has 0 aromatic heterocycles. The first kappa shape index (κ1) is 19.5. The second-order valence-corrected chi connectivity index (χ2v) is 7.41. The minimum absolute atomic E-state index is 0.0232. The van der Waals surface area contributed by atoms with Gasteiger partial charge in [-0.3, -0.25) is 9.59 Å². The number of ether oxygens (including phenoxy) is 2. The van der Waals surface area contributed by atoms with Gasteiger partial charge in [-0.1, -0.05) is 19.3 Å². The number of rotatable bonds is 6. The fraction of sp³-hybridized carbons (Fsp3) is 0.619. The first-order valence-electron chi connectivity index (χ1n) is 9.93. The van der Waals surface area contributed by atoms with E-state index in [4.69, 9.17) is 9.47 Å². The molecule has 2 aliphatic rings. The third-order valence-corrected chi connectivity index (χ3v) is 5.76. The highest BCUT2D eigenvalue weighted by atomic mass is 16.5. The fourth-order valence-corrected chi connectivity index (χ4v) is 4.26. The number of nitrogens with zero attached hydrogens (tertiary/aromatic N) is 1. The molecule has 1 atom stereocenters. The van der Waals surface area contributed by atoms with E-state index >= 15 is 0 Å². The van der Waals surface area contributed by atoms with Crippen molar-refractivity contribution in [2.45, 2.75) is 51.0 Å². The Bertz CT molecular complexity index is 670. The van der Waals surface area contributed by atoms with Gasteiger partial charge in [0.25, 0.3) is 0 Å². The summed E-state index contributed by atoms with van der Waals surface area (Å²) in [5.74, 6) is 1.53. The zero-order chi connectivity index (χ0) is 19.2. The highest BCUT2D eigenvalue weighted by Gasteiger charge is 2.32. The second kappa shape index (κ2) is 9.11. The first-order valence-corrected chi connectivity index (χ1v) is 9.93. The third-order valence-electron chi connectivity index (χ3n) is 5.76. The predicted molar refractivity (Wildman–Crippen MR) is 103 cm³/mol. The van der Waals surface area contributed by atoms with Crippen LogP contribution in [0.3, 0.4) is 0 Å². The number of hydrogen-bond donors (Lipinski definition) is 1. The maximum Gasteiger partial charge on any atom is 0.242 e. The van der Waals surface area contributed by atoms with Crippen LogP contribution in [-0.2, 0) is 9.59 Å². The summed E-state index contributed by atoms with van der Waals surface area (Å²) in [5.41, 5.74) is 0.989. The Hall–Kier alpha value is -2.24. The van der Waals surface area contributed by atoms with Gasteiger partial charge in [-0.05, 0) is 37.8 Å². The predicted octanol–water partition coefficient (Wildman–Crippen LogP) is 3.06. The molecule has 1 N–H and O–H groups in total. The number of hydrogen-bond acceptors (Lipinski definition) is 4. The van der Waals surface area contributed by atoms with Crippen LogP contribution >= 0.6 is 0 Å². The van der Waals surface area contributed by atoms with E-state index in [9.17, 15) is 9.59 Å². The second-order valence-electron chi connectivity index (χ2n) is 7.41. The van der Waals surface area contributed by atoms with Crippen LogP contribution in [-0.4, -0.2) is 44.0 Å². The molecule has 1 saturated heterocycles. The Morgan fingerprint density at radius 3 is 2.56 bits per heavy atom. The van der Waals surface area contributed by atoms with Gasteiger partial charge in [0.1, 0.15) is 11.5 Å². The van der Waals surface area contributed by atoms with Gasteiger partial charge in [0.15, 0.2) is 0 Å². The standard InChI is InChI=1S/C21H30N2O4/c1-26-16-10-11-17(19(13-16)27-2)18-9-6-12-23(18)20(24)14-22-21(25)15-7-4-3-5-8-15/h10-11,13,15,18H,3-9,12,14H2,1-2H3,(H,22,25). The SMILES string of the molecule is COc1ccc(C2CCCN2C(=O)CNC(=O)C2CCCCC2)c(OC)c1. The number of carbonyl (C=O) groups is 2. The molecule has 1 saturated carbocycles. The summed E-state index contributed by atoms with van der Waals surface area (Å²) in [6.45, 7) is 0.780. The molecule has 1 aliphatic carbocycles. The van der Waals surface area contributed by atoms with E-state index in [0.717, 1.165) is 55.6 Å². The lowest BCUT2D eigenvalue weighted by Crippen LogP contribution is -2.42. The number of benzene rings is 1. The van der Waals surface area contributed by atoms with E-state index < -0.39 is 0 Å². The number of nitrogens with one attached hydrogen (secondary N) is 1. The van der Waals surface area contributed by atoms with Crippen molar-refractivity contribution in [3.05, 3.63) is 23.8 Å². The van der Waals surface area contributed by atoms with Gasteiger partial charge in [0.2, 0.25) is 11.8 Å². The molecule has 6 nitrogen and oxygen atoms in total. The minimum Gasteiger partial charge on any atom is -0.497 e. The maximum atomic E-state index is 12.8.